The number of benzene rings is 2. The van der Waals surface area contributed by atoms with Crippen LogP contribution in [0.4, 0.5) is 11.4 Å². The summed E-state index contributed by atoms with van der Waals surface area (Å²) in [5.74, 6) is -1.70. The lowest BCUT2D eigenvalue weighted by molar-refractivity contribution is -0.437. The number of aliphatic carboxylic acids is 1. The van der Waals surface area contributed by atoms with Gasteiger partial charge in [-0.3, -0.25) is 18.5 Å². The predicted molar refractivity (Wildman–Crippen MR) is 204 cm³/mol. The molecule has 1 atom stereocenters. The second-order valence-corrected chi connectivity index (χ2v) is 18.9. The Morgan fingerprint density at radius 3 is 2.13 bits per heavy atom. The number of aryl methyl sites for hydroxylation is 1. The first-order valence-electron chi connectivity index (χ1n) is 17.4. The zero-order chi connectivity index (χ0) is 39.4. The molecule has 1 unspecified atom stereocenters. The van der Waals surface area contributed by atoms with Crippen molar-refractivity contribution < 1.29 is 53.4 Å². The molecular weight excluding hydrogens is 745 g/mol. The maximum Gasteiger partial charge on any atom is 0.303 e. The maximum atomic E-state index is 12.0. The fraction of sp³-hybridized carbons (Fsp3) is 0.459. The van der Waals surface area contributed by atoms with Crippen molar-refractivity contribution >= 4 is 53.4 Å². The van der Waals surface area contributed by atoms with E-state index >= 15 is 0 Å². The Hall–Kier alpha value is -3.67. The van der Waals surface area contributed by atoms with Crippen LogP contribution in [0.15, 0.2) is 77.4 Å². The van der Waals surface area contributed by atoms with Gasteiger partial charge in [-0.05, 0) is 69.0 Å². The quantitative estimate of drug-likeness (QED) is 0.0595. The van der Waals surface area contributed by atoms with Crippen molar-refractivity contribution in [3.8, 4) is 0 Å². The average Bonchev–Trinajstić information content (AvgIpc) is 3.38. The third kappa shape index (κ3) is 10.5. The van der Waals surface area contributed by atoms with Crippen molar-refractivity contribution in [3.05, 3.63) is 89.2 Å². The molecule has 2 aromatic rings. The molecule has 0 aliphatic carbocycles. The topological polar surface area (TPSA) is 207 Å². The highest BCUT2D eigenvalue weighted by atomic mass is 32.2. The largest absolute Gasteiger partial charge is 0.481 e. The van der Waals surface area contributed by atoms with E-state index in [0.717, 1.165) is 41.1 Å². The fourth-order valence-corrected chi connectivity index (χ4v) is 8.82. The van der Waals surface area contributed by atoms with Gasteiger partial charge >= 0.3 is 5.97 Å². The van der Waals surface area contributed by atoms with Gasteiger partial charge < -0.3 is 10.0 Å². The molecule has 53 heavy (non-hydrogen) atoms. The second kappa shape index (κ2) is 16.4. The molecule has 0 amide bonds. The van der Waals surface area contributed by atoms with Crippen molar-refractivity contribution in [1.82, 2.24) is 0 Å². The van der Waals surface area contributed by atoms with Crippen LogP contribution in [0.5, 0.6) is 0 Å². The monoisotopic (exact) mass is 793 g/mol. The van der Waals surface area contributed by atoms with Crippen LogP contribution in [0, 0.1) is 6.92 Å². The van der Waals surface area contributed by atoms with Crippen LogP contribution in [0.3, 0.4) is 0 Å². The second-order valence-electron chi connectivity index (χ2n) is 14.3. The van der Waals surface area contributed by atoms with Crippen molar-refractivity contribution in [1.29, 1.82) is 0 Å². The zero-order valence-electron chi connectivity index (χ0n) is 30.4. The smallest absolute Gasteiger partial charge is 0.303 e. The van der Waals surface area contributed by atoms with Crippen LogP contribution in [-0.4, -0.2) is 84.9 Å². The van der Waals surface area contributed by atoms with Gasteiger partial charge in [0.25, 0.3) is 30.4 Å². The van der Waals surface area contributed by atoms with Gasteiger partial charge in [-0.25, -0.2) is 0 Å². The minimum absolute atomic E-state index is 0.0898. The standard InChI is InChI=1S/C37H48N2O11S3/c1-27-16-18-32-30(25-27)37(4,20-10-6-9-15-35(40)41)34(39(32)22-12-24-52(45,46)47)14-8-5-7-13-33-36(2,3)29-26-28(53(48,49)50)17-19-31(29)38(33)21-11-23-51(42,43)44/h5,7-8,13-14,16-19,25-26H,6,9-12,15,20-24H2,1-4H3,(H3-,40,41,42,43,44,45,46,47,48,49,50)/p+1. The van der Waals surface area contributed by atoms with E-state index in [1.165, 1.54) is 12.1 Å². The number of carbonyl (C=O) groups is 1. The molecule has 2 aliphatic rings. The van der Waals surface area contributed by atoms with Gasteiger partial charge in [-0.2, -0.15) is 29.8 Å². The number of unbranched alkanes of at least 4 members (excludes halogenated alkanes) is 2. The Morgan fingerprint density at radius 1 is 0.811 bits per heavy atom. The summed E-state index contributed by atoms with van der Waals surface area (Å²) in [7, 11) is -12.9. The SMILES string of the molecule is Cc1ccc2c(c1)C(C)(CCCCCC(=O)O)C(/C=C/C=C/C=C1/N(CCCS(=O)(=O)O)c3ccc(S(=O)(=O)O)cc3C1(C)C)=[N+]2CCCS(=O)(=O)O. The summed E-state index contributed by atoms with van der Waals surface area (Å²) in [6, 6.07) is 10.4. The summed E-state index contributed by atoms with van der Waals surface area (Å²) in [6.45, 7) is 8.43. The van der Waals surface area contributed by atoms with E-state index in [9.17, 15) is 43.7 Å². The van der Waals surface area contributed by atoms with Crippen molar-refractivity contribution in [2.75, 3.05) is 29.5 Å². The molecule has 0 saturated carbocycles. The average molecular weight is 794 g/mol. The number of anilines is 1. The van der Waals surface area contributed by atoms with Crippen LogP contribution in [0.25, 0.3) is 0 Å². The molecule has 4 N–H and O–H groups in total. The molecule has 0 aromatic heterocycles. The fourth-order valence-electron chi connectivity index (χ4n) is 7.33. The van der Waals surface area contributed by atoms with E-state index in [1.54, 1.807) is 12.1 Å². The van der Waals surface area contributed by atoms with Gasteiger partial charge in [-0.1, -0.05) is 56.5 Å². The summed E-state index contributed by atoms with van der Waals surface area (Å²) in [6.07, 6.45) is 12.4. The first-order chi connectivity index (χ1) is 24.5. The molecule has 0 radical (unpaired) electrons. The Morgan fingerprint density at radius 2 is 1.49 bits per heavy atom. The van der Waals surface area contributed by atoms with E-state index < -0.39 is 58.7 Å². The van der Waals surface area contributed by atoms with E-state index in [0.29, 0.717) is 30.6 Å². The third-order valence-corrected chi connectivity index (χ3v) is 12.4. The van der Waals surface area contributed by atoms with Crippen LogP contribution in [0.2, 0.25) is 0 Å². The number of fused-ring (bicyclic) bond motifs is 2. The molecule has 4 rings (SSSR count). The summed E-state index contributed by atoms with van der Waals surface area (Å²) >= 11 is 0. The van der Waals surface area contributed by atoms with Crippen LogP contribution in [-0.2, 0) is 46.0 Å². The highest BCUT2D eigenvalue weighted by Gasteiger charge is 2.47. The molecule has 0 bridgehead atoms. The van der Waals surface area contributed by atoms with E-state index in [1.807, 2.05) is 62.1 Å². The summed E-state index contributed by atoms with van der Waals surface area (Å²) in [5.41, 5.74) is 4.71. The lowest BCUT2D eigenvalue weighted by atomic mass is 9.75. The van der Waals surface area contributed by atoms with E-state index in [4.69, 9.17) is 5.11 Å². The van der Waals surface area contributed by atoms with Crippen molar-refractivity contribution in [2.45, 2.75) is 88.4 Å². The van der Waals surface area contributed by atoms with Crippen LogP contribution in [0.1, 0.15) is 82.4 Å². The van der Waals surface area contributed by atoms with Gasteiger partial charge in [-0.15, -0.1) is 0 Å². The van der Waals surface area contributed by atoms with Gasteiger partial charge in [0.1, 0.15) is 6.54 Å². The summed E-state index contributed by atoms with van der Waals surface area (Å²) in [4.78, 5) is 12.7. The Bertz CT molecular complexity index is 2190. The van der Waals surface area contributed by atoms with Crippen LogP contribution < -0.4 is 4.90 Å². The summed E-state index contributed by atoms with van der Waals surface area (Å²) < 4.78 is 101. The normalized spacial score (nSPS) is 19.5. The summed E-state index contributed by atoms with van der Waals surface area (Å²) in [5, 5.41) is 9.10. The number of hydrogen-bond donors (Lipinski definition) is 4. The Labute approximate surface area is 312 Å². The Kier molecular flexibility index (Phi) is 13.0. The highest BCUT2D eigenvalue weighted by Crippen LogP contribution is 2.49. The number of allylic oxidation sites excluding steroid dienone is 6. The van der Waals surface area contributed by atoms with Gasteiger partial charge in [0.05, 0.1) is 21.8 Å². The maximum absolute atomic E-state index is 12.0. The minimum atomic E-state index is -4.49. The predicted octanol–water partition coefficient (Wildman–Crippen LogP) is 5.98. The molecule has 13 nitrogen and oxygen atoms in total. The number of carboxylic acid groups (broad SMARTS) is 1. The lowest BCUT2D eigenvalue weighted by Gasteiger charge is -2.27. The minimum Gasteiger partial charge on any atom is -0.481 e. The van der Waals surface area contributed by atoms with E-state index in [2.05, 4.69) is 17.6 Å². The van der Waals surface area contributed by atoms with E-state index in [-0.39, 0.29) is 30.7 Å². The molecule has 0 saturated heterocycles. The number of nitrogens with zero attached hydrogens (tertiary/aromatic N) is 2. The van der Waals surface area contributed by atoms with Gasteiger partial charge in [0.15, 0.2) is 5.71 Å². The first kappa shape index (κ1) is 42.1. The molecular formula is C37H49N2O11S3+. The van der Waals surface area contributed by atoms with Crippen LogP contribution >= 0.6 is 0 Å². The van der Waals surface area contributed by atoms with Crippen molar-refractivity contribution in [2.24, 2.45) is 0 Å². The molecule has 16 heteroatoms. The highest BCUT2D eigenvalue weighted by molar-refractivity contribution is 7.86. The molecule has 2 aliphatic heterocycles. The number of carboxylic acids is 1. The zero-order valence-corrected chi connectivity index (χ0v) is 32.8. The van der Waals surface area contributed by atoms with Crippen molar-refractivity contribution in [3.63, 3.8) is 0 Å². The number of rotatable bonds is 18. The van der Waals surface area contributed by atoms with Gasteiger partial charge in [0, 0.05) is 53.9 Å². The first-order valence-corrected chi connectivity index (χ1v) is 22.0. The molecule has 2 aromatic carbocycles. The molecule has 0 spiro atoms. The molecule has 2 heterocycles. The molecule has 0 fully saturated rings. The Balaban J connectivity index is 1.72. The third-order valence-electron chi connectivity index (χ3n) is 9.92. The number of hydrogen-bond acceptors (Lipinski definition) is 8. The van der Waals surface area contributed by atoms with Gasteiger partial charge in [0.2, 0.25) is 5.69 Å². The lowest BCUT2D eigenvalue weighted by Crippen LogP contribution is -2.31. The molecule has 290 valence electrons.